The first-order chi connectivity index (χ1) is 10.8. The van der Waals surface area contributed by atoms with Crippen LogP contribution in [-0.2, 0) is 11.3 Å². The molecule has 1 aliphatic rings. The zero-order valence-electron chi connectivity index (χ0n) is 12.1. The third-order valence-corrected chi connectivity index (χ3v) is 5.68. The topological polar surface area (TPSA) is 57.0 Å². The van der Waals surface area contributed by atoms with E-state index >= 15 is 0 Å². The predicted molar refractivity (Wildman–Crippen MR) is 89.9 cm³/mol. The van der Waals surface area contributed by atoms with Crippen LogP contribution in [0.3, 0.4) is 0 Å². The van der Waals surface area contributed by atoms with E-state index in [1.54, 1.807) is 10.8 Å². The maximum Gasteiger partial charge on any atom is 0.272 e. The Bertz CT molecular complexity index is 897. The lowest BCUT2D eigenvalue weighted by atomic mass is 10.2. The number of thiophene rings is 1. The Morgan fingerprint density at radius 2 is 2.45 bits per heavy atom. The van der Waals surface area contributed by atoms with Gasteiger partial charge >= 0.3 is 0 Å². The van der Waals surface area contributed by atoms with Crippen molar-refractivity contribution in [3.63, 3.8) is 0 Å². The molecule has 4 heterocycles. The Kier molecular flexibility index (Phi) is 3.63. The molecule has 0 spiro atoms. The van der Waals surface area contributed by atoms with Crippen LogP contribution < -0.4 is 5.56 Å². The lowest BCUT2D eigenvalue weighted by Crippen LogP contribution is -2.28. The van der Waals surface area contributed by atoms with Gasteiger partial charge in [-0.1, -0.05) is 11.8 Å². The van der Waals surface area contributed by atoms with Crippen molar-refractivity contribution in [2.75, 3.05) is 12.9 Å². The van der Waals surface area contributed by atoms with E-state index in [-0.39, 0.29) is 11.7 Å². The molecule has 0 bridgehead atoms. The van der Waals surface area contributed by atoms with Crippen LogP contribution in [0.25, 0.3) is 20.4 Å². The molecule has 0 N–H and O–H groups in total. The second-order valence-corrected chi connectivity index (χ2v) is 7.06. The van der Waals surface area contributed by atoms with Crippen LogP contribution in [0.15, 0.2) is 28.3 Å². The third-order valence-electron chi connectivity index (χ3n) is 3.91. The fraction of sp³-hybridized carbons (Fsp3) is 0.400. The van der Waals surface area contributed by atoms with Crippen molar-refractivity contribution in [1.82, 2.24) is 14.5 Å². The molecule has 3 aromatic rings. The number of hydrogen-bond acceptors (Lipinski definition) is 6. The molecule has 1 atom stereocenters. The molecule has 0 radical (unpaired) electrons. The normalized spacial score (nSPS) is 18.5. The summed E-state index contributed by atoms with van der Waals surface area (Å²) < 4.78 is 8.12. The van der Waals surface area contributed by atoms with Gasteiger partial charge in [0.15, 0.2) is 5.16 Å². The number of ether oxygens (including phenoxy) is 1. The van der Waals surface area contributed by atoms with Gasteiger partial charge in [0.2, 0.25) is 0 Å². The maximum atomic E-state index is 12.9. The Balaban J connectivity index is 1.93. The van der Waals surface area contributed by atoms with Gasteiger partial charge < -0.3 is 4.74 Å². The summed E-state index contributed by atoms with van der Waals surface area (Å²) in [6, 6.07) is 3.86. The van der Waals surface area contributed by atoms with Crippen LogP contribution in [0.5, 0.6) is 0 Å². The summed E-state index contributed by atoms with van der Waals surface area (Å²) in [5, 5.41) is 1.70. The second-order valence-electron chi connectivity index (χ2n) is 5.29. The summed E-state index contributed by atoms with van der Waals surface area (Å²) in [5.74, 6) is 0. The molecular weight excluding hydrogens is 318 g/mol. The van der Waals surface area contributed by atoms with Crippen LogP contribution in [0.1, 0.15) is 12.8 Å². The lowest BCUT2D eigenvalue weighted by molar-refractivity contribution is 0.0938. The molecular formula is C15H15N3O2S2. The number of pyridine rings is 1. The summed E-state index contributed by atoms with van der Waals surface area (Å²) >= 11 is 2.92. The number of aromatic nitrogens is 3. The van der Waals surface area contributed by atoms with Crippen LogP contribution in [0.4, 0.5) is 0 Å². The molecule has 0 aliphatic carbocycles. The van der Waals surface area contributed by atoms with Gasteiger partial charge in [0.1, 0.15) is 9.53 Å². The van der Waals surface area contributed by atoms with Crippen molar-refractivity contribution >= 4 is 43.5 Å². The molecule has 0 amide bonds. The van der Waals surface area contributed by atoms with E-state index in [4.69, 9.17) is 9.72 Å². The Morgan fingerprint density at radius 1 is 1.55 bits per heavy atom. The highest BCUT2D eigenvalue weighted by atomic mass is 32.2. The summed E-state index contributed by atoms with van der Waals surface area (Å²) in [4.78, 5) is 22.8. The van der Waals surface area contributed by atoms with Gasteiger partial charge in [0.25, 0.3) is 5.56 Å². The lowest BCUT2D eigenvalue weighted by Gasteiger charge is -2.14. The zero-order chi connectivity index (χ0) is 15.1. The molecule has 5 nitrogen and oxygen atoms in total. The SMILES string of the molecule is CSc1nc2c(sc3ncccc32)c(=O)n1CC1CCCO1. The Labute approximate surface area is 135 Å². The van der Waals surface area contributed by atoms with Crippen molar-refractivity contribution in [3.05, 3.63) is 28.7 Å². The minimum atomic E-state index is 0.0212. The summed E-state index contributed by atoms with van der Waals surface area (Å²) in [6.07, 6.45) is 5.89. The van der Waals surface area contributed by atoms with E-state index in [9.17, 15) is 4.79 Å². The van der Waals surface area contributed by atoms with Crippen molar-refractivity contribution in [2.45, 2.75) is 30.6 Å². The van der Waals surface area contributed by atoms with E-state index in [1.165, 1.54) is 23.1 Å². The molecule has 1 saturated heterocycles. The number of hydrogen-bond donors (Lipinski definition) is 0. The monoisotopic (exact) mass is 333 g/mol. The fourth-order valence-electron chi connectivity index (χ4n) is 2.85. The average molecular weight is 333 g/mol. The highest BCUT2D eigenvalue weighted by Crippen LogP contribution is 2.30. The maximum absolute atomic E-state index is 12.9. The smallest absolute Gasteiger partial charge is 0.272 e. The molecule has 1 aliphatic heterocycles. The third kappa shape index (κ3) is 2.24. The Hall–Kier alpha value is -1.44. The van der Waals surface area contributed by atoms with E-state index in [2.05, 4.69) is 4.98 Å². The van der Waals surface area contributed by atoms with E-state index < -0.39 is 0 Å². The van der Waals surface area contributed by atoms with Gasteiger partial charge in [-0.05, 0) is 31.2 Å². The van der Waals surface area contributed by atoms with E-state index in [0.29, 0.717) is 11.2 Å². The summed E-state index contributed by atoms with van der Waals surface area (Å²) in [5.41, 5.74) is 0.791. The van der Waals surface area contributed by atoms with Crippen LogP contribution >= 0.6 is 23.1 Å². The highest BCUT2D eigenvalue weighted by Gasteiger charge is 2.21. The van der Waals surface area contributed by atoms with Gasteiger partial charge in [-0.15, -0.1) is 11.3 Å². The standard InChI is InChI=1S/C15H15N3O2S2/c1-21-15-17-11-10-5-2-6-16-13(10)22-12(11)14(19)18(15)8-9-4-3-7-20-9/h2,5-6,9H,3-4,7-8H2,1H3. The minimum Gasteiger partial charge on any atom is -0.376 e. The fourth-order valence-corrected chi connectivity index (χ4v) is 4.44. The molecule has 4 rings (SSSR count). The van der Waals surface area contributed by atoms with Gasteiger partial charge in [0.05, 0.1) is 18.2 Å². The van der Waals surface area contributed by atoms with Crippen LogP contribution in [-0.4, -0.2) is 33.5 Å². The minimum absolute atomic E-state index is 0.0212. The van der Waals surface area contributed by atoms with E-state index in [1.807, 2.05) is 18.4 Å². The highest BCUT2D eigenvalue weighted by molar-refractivity contribution is 7.98. The van der Waals surface area contributed by atoms with Crippen molar-refractivity contribution in [1.29, 1.82) is 0 Å². The predicted octanol–water partition coefficient (Wildman–Crippen LogP) is 2.91. The summed E-state index contributed by atoms with van der Waals surface area (Å²) in [7, 11) is 0. The van der Waals surface area contributed by atoms with Gasteiger partial charge in [-0.3, -0.25) is 9.36 Å². The van der Waals surface area contributed by atoms with Crippen molar-refractivity contribution < 1.29 is 4.74 Å². The molecule has 22 heavy (non-hydrogen) atoms. The zero-order valence-corrected chi connectivity index (χ0v) is 13.7. The Morgan fingerprint density at radius 3 is 3.23 bits per heavy atom. The number of rotatable bonds is 3. The van der Waals surface area contributed by atoms with E-state index in [0.717, 1.165) is 40.3 Å². The molecule has 1 unspecified atom stereocenters. The first-order valence-electron chi connectivity index (χ1n) is 7.21. The number of thioether (sulfide) groups is 1. The van der Waals surface area contributed by atoms with Crippen LogP contribution in [0.2, 0.25) is 0 Å². The molecule has 7 heteroatoms. The quantitative estimate of drug-likeness (QED) is 0.545. The summed E-state index contributed by atoms with van der Waals surface area (Å²) in [6.45, 7) is 1.37. The number of fused-ring (bicyclic) bond motifs is 3. The first kappa shape index (κ1) is 14.2. The molecule has 114 valence electrons. The molecule has 3 aromatic heterocycles. The van der Waals surface area contributed by atoms with Gasteiger partial charge in [-0.25, -0.2) is 9.97 Å². The van der Waals surface area contributed by atoms with Crippen molar-refractivity contribution in [3.8, 4) is 0 Å². The largest absolute Gasteiger partial charge is 0.376 e. The van der Waals surface area contributed by atoms with Crippen LogP contribution in [0, 0.1) is 0 Å². The molecule has 0 saturated carbocycles. The molecule has 0 aromatic carbocycles. The first-order valence-corrected chi connectivity index (χ1v) is 9.25. The van der Waals surface area contributed by atoms with Gasteiger partial charge in [0, 0.05) is 18.2 Å². The average Bonchev–Trinajstić information content (AvgIpc) is 3.17. The van der Waals surface area contributed by atoms with Crippen molar-refractivity contribution in [2.24, 2.45) is 0 Å². The second kappa shape index (κ2) is 5.64. The molecule has 1 fully saturated rings. The van der Waals surface area contributed by atoms with Gasteiger partial charge in [-0.2, -0.15) is 0 Å². The number of nitrogens with zero attached hydrogens (tertiary/aromatic N) is 3.